The Bertz CT molecular complexity index is 584. The Labute approximate surface area is 123 Å². The van der Waals surface area contributed by atoms with Crippen molar-refractivity contribution >= 4 is 17.3 Å². The van der Waals surface area contributed by atoms with Crippen LogP contribution in [0.1, 0.15) is 24.2 Å². The summed E-state index contributed by atoms with van der Waals surface area (Å²) < 4.78 is 13.8. The average Bonchev–Trinajstić information content (AvgIpc) is 2.40. The number of anilines is 1. The lowest BCUT2D eigenvalue weighted by atomic mass is 10.1. The number of hydrogen-bond acceptors (Lipinski definition) is 2. The zero-order valence-corrected chi connectivity index (χ0v) is 12.2. The van der Waals surface area contributed by atoms with Crippen molar-refractivity contribution < 1.29 is 9.50 Å². The number of aliphatic hydroxyl groups excluding tert-OH is 1. The molecule has 1 atom stereocenters. The van der Waals surface area contributed by atoms with Gasteiger partial charge in [0.25, 0.3) is 0 Å². The van der Waals surface area contributed by atoms with Crippen LogP contribution in [0.2, 0.25) is 5.02 Å². The van der Waals surface area contributed by atoms with Crippen LogP contribution in [-0.2, 0) is 6.54 Å². The molecule has 2 rings (SSSR count). The Morgan fingerprint density at radius 2 is 1.85 bits per heavy atom. The van der Waals surface area contributed by atoms with Gasteiger partial charge in [-0.2, -0.15) is 0 Å². The summed E-state index contributed by atoms with van der Waals surface area (Å²) in [5, 5.41) is 10.4. The minimum atomic E-state index is -0.848. The maximum Gasteiger partial charge on any atom is 0.131 e. The second kappa shape index (κ2) is 6.25. The van der Waals surface area contributed by atoms with Crippen molar-refractivity contribution in [3.63, 3.8) is 0 Å². The van der Waals surface area contributed by atoms with Crippen molar-refractivity contribution in [1.29, 1.82) is 0 Å². The molecule has 0 fully saturated rings. The van der Waals surface area contributed by atoms with Gasteiger partial charge in [0.05, 0.1) is 6.10 Å². The molecule has 0 spiro atoms. The van der Waals surface area contributed by atoms with Gasteiger partial charge in [-0.25, -0.2) is 4.39 Å². The molecular formula is C16H17ClFNO. The van der Waals surface area contributed by atoms with Gasteiger partial charge in [-0.3, -0.25) is 0 Å². The predicted molar refractivity (Wildman–Crippen MR) is 80.6 cm³/mol. The summed E-state index contributed by atoms with van der Waals surface area (Å²) in [5.74, 6) is -0.388. The van der Waals surface area contributed by atoms with E-state index >= 15 is 0 Å². The average molecular weight is 294 g/mol. The van der Waals surface area contributed by atoms with Crippen LogP contribution in [0.5, 0.6) is 0 Å². The molecule has 106 valence electrons. The van der Waals surface area contributed by atoms with Crippen molar-refractivity contribution in [2.45, 2.75) is 19.6 Å². The first-order valence-electron chi connectivity index (χ1n) is 6.41. The number of rotatable bonds is 4. The second-order valence-electron chi connectivity index (χ2n) is 4.83. The molecule has 2 aromatic carbocycles. The molecule has 4 heteroatoms. The van der Waals surface area contributed by atoms with Crippen LogP contribution in [0.25, 0.3) is 0 Å². The van der Waals surface area contributed by atoms with Crippen molar-refractivity contribution in [1.82, 2.24) is 0 Å². The SMILES string of the molecule is C[C@H](O)c1c(F)cccc1N(C)Cc1ccc(Cl)cc1. The lowest BCUT2D eigenvalue weighted by molar-refractivity contribution is 0.194. The highest BCUT2D eigenvalue weighted by Gasteiger charge is 2.16. The van der Waals surface area contributed by atoms with Gasteiger partial charge in [0.2, 0.25) is 0 Å². The van der Waals surface area contributed by atoms with E-state index in [0.717, 1.165) is 5.56 Å². The van der Waals surface area contributed by atoms with Gasteiger partial charge in [-0.15, -0.1) is 0 Å². The molecule has 2 aromatic rings. The number of aliphatic hydroxyl groups is 1. The van der Waals surface area contributed by atoms with E-state index in [2.05, 4.69) is 0 Å². The van der Waals surface area contributed by atoms with Gasteiger partial charge in [0.1, 0.15) is 5.82 Å². The van der Waals surface area contributed by atoms with E-state index in [1.165, 1.54) is 6.07 Å². The summed E-state index contributed by atoms with van der Waals surface area (Å²) in [5.41, 5.74) is 2.08. The highest BCUT2D eigenvalue weighted by atomic mass is 35.5. The van der Waals surface area contributed by atoms with Crippen molar-refractivity contribution in [3.05, 3.63) is 64.4 Å². The Morgan fingerprint density at radius 1 is 1.20 bits per heavy atom. The predicted octanol–water partition coefficient (Wildman–Crippen LogP) is 4.17. The minimum absolute atomic E-state index is 0.323. The molecule has 0 aliphatic carbocycles. The van der Waals surface area contributed by atoms with Crippen LogP contribution < -0.4 is 4.90 Å². The molecule has 2 nitrogen and oxygen atoms in total. The molecule has 20 heavy (non-hydrogen) atoms. The third kappa shape index (κ3) is 3.30. The Kier molecular flexibility index (Phi) is 4.63. The zero-order chi connectivity index (χ0) is 14.7. The molecule has 0 aromatic heterocycles. The fraction of sp³-hybridized carbons (Fsp3) is 0.250. The standard InChI is InChI=1S/C16H17ClFNO/c1-11(20)16-14(18)4-3-5-15(16)19(2)10-12-6-8-13(17)9-7-12/h3-9,11,20H,10H2,1-2H3/t11-/m0/s1. The molecule has 0 amide bonds. The van der Waals surface area contributed by atoms with Gasteiger partial charge in [-0.1, -0.05) is 29.8 Å². The van der Waals surface area contributed by atoms with Crippen LogP contribution in [0.3, 0.4) is 0 Å². The summed E-state index contributed by atoms with van der Waals surface area (Å²) in [6.45, 7) is 2.18. The van der Waals surface area contributed by atoms with Crippen LogP contribution in [-0.4, -0.2) is 12.2 Å². The van der Waals surface area contributed by atoms with E-state index < -0.39 is 6.10 Å². The minimum Gasteiger partial charge on any atom is -0.389 e. The van der Waals surface area contributed by atoms with E-state index in [0.29, 0.717) is 22.8 Å². The van der Waals surface area contributed by atoms with Crippen LogP contribution >= 0.6 is 11.6 Å². The smallest absolute Gasteiger partial charge is 0.131 e. The van der Waals surface area contributed by atoms with E-state index in [4.69, 9.17) is 11.6 Å². The number of hydrogen-bond donors (Lipinski definition) is 1. The van der Waals surface area contributed by atoms with Crippen molar-refractivity contribution in [2.24, 2.45) is 0 Å². The number of halogens is 2. The van der Waals surface area contributed by atoms with Crippen LogP contribution in [0.4, 0.5) is 10.1 Å². The normalized spacial score (nSPS) is 12.2. The number of nitrogens with zero attached hydrogens (tertiary/aromatic N) is 1. The highest BCUT2D eigenvalue weighted by molar-refractivity contribution is 6.30. The van der Waals surface area contributed by atoms with Gasteiger partial charge < -0.3 is 10.0 Å². The number of benzene rings is 2. The molecule has 0 bridgehead atoms. The highest BCUT2D eigenvalue weighted by Crippen LogP contribution is 2.29. The topological polar surface area (TPSA) is 23.5 Å². The molecular weight excluding hydrogens is 277 g/mol. The molecule has 0 saturated carbocycles. The fourth-order valence-electron chi connectivity index (χ4n) is 2.22. The lowest BCUT2D eigenvalue weighted by Crippen LogP contribution is -2.19. The van der Waals surface area contributed by atoms with Crippen LogP contribution in [0.15, 0.2) is 42.5 Å². The lowest BCUT2D eigenvalue weighted by Gasteiger charge is -2.24. The molecule has 0 aliphatic heterocycles. The Morgan fingerprint density at radius 3 is 2.45 bits per heavy atom. The van der Waals surface area contributed by atoms with E-state index in [1.807, 2.05) is 36.2 Å². The largest absolute Gasteiger partial charge is 0.389 e. The molecule has 0 aliphatic rings. The summed E-state index contributed by atoms with van der Waals surface area (Å²) >= 11 is 5.86. The first-order chi connectivity index (χ1) is 9.49. The first kappa shape index (κ1) is 14.8. The molecule has 0 unspecified atom stereocenters. The second-order valence-corrected chi connectivity index (χ2v) is 5.27. The summed E-state index contributed by atoms with van der Waals surface area (Å²) in [7, 11) is 1.87. The maximum atomic E-state index is 13.8. The van der Waals surface area contributed by atoms with Gasteiger partial charge in [0, 0.05) is 29.9 Å². The fourth-order valence-corrected chi connectivity index (χ4v) is 2.35. The summed E-state index contributed by atoms with van der Waals surface area (Å²) in [4.78, 5) is 1.91. The summed E-state index contributed by atoms with van der Waals surface area (Å²) in [6.07, 6.45) is -0.848. The van der Waals surface area contributed by atoms with E-state index in [-0.39, 0.29) is 5.82 Å². The summed E-state index contributed by atoms with van der Waals surface area (Å²) in [6, 6.07) is 12.3. The Balaban J connectivity index is 2.27. The molecule has 0 heterocycles. The maximum absolute atomic E-state index is 13.8. The van der Waals surface area contributed by atoms with E-state index in [1.54, 1.807) is 19.1 Å². The third-order valence-electron chi connectivity index (χ3n) is 3.19. The Hall–Kier alpha value is -1.58. The van der Waals surface area contributed by atoms with Gasteiger partial charge in [0.15, 0.2) is 0 Å². The van der Waals surface area contributed by atoms with Crippen molar-refractivity contribution in [3.8, 4) is 0 Å². The monoisotopic (exact) mass is 293 g/mol. The van der Waals surface area contributed by atoms with E-state index in [9.17, 15) is 9.50 Å². The zero-order valence-electron chi connectivity index (χ0n) is 11.5. The molecule has 1 N–H and O–H groups in total. The van der Waals surface area contributed by atoms with Crippen LogP contribution in [0, 0.1) is 5.82 Å². The molecule has 0 saturated heterocycles. The first-order valence-corrected chi connectivity index (χ1v) is 6.79. The quantitative estimate of drug-likeness (QED) is 0.914. The third-order valence-corrected chi connectivity index (χ3v) is 3.44. The molecule has 0 radical (unpaired) electrons. The van der Waals surface area contributed by atoms with Crippen molar-refractivity contribution in [2.75, 3.05) is 11.9 Å². The van der Waals surface area contributed by atoms with Gasteiger partial charge >= 0.3 is 0 Å². The van der Waals surface area contributed by atoms with Gasteiger partial charge in [-0.05, 0) is 36.8 Å².